The molecule has 0 radical (unpaired) electrons. The van der Waals surface area contributed by atoms with Gasteiger partial charge in [0, 0.05) is 30.8 Å². The maximum absolute atomic E-state index is 13.2. The number of halogens is 2. The molecule has 0 aliphatic carbocycles. The second kappa shape index (κ2) is 7.26. The summed E-state index contributed by atoms with van der Waals surface area (Å²) in [5.41, 5.74) is 1.26. The summed E-state index contributed by atoms with van der Waals surface area (Å²) in [4.78, 5) is 2.41. The van der Waals surface area contributed by atoms with E-state index in [2.05, 4.69) is 17.0 Å². The van der Waals surface area contributed by atoms with Crippen LogP contribution in [0.2, 0.25) is 5.02 Å². The summed E-state index contributed by atoms with van der Waals surface area (Å²) >= 11 is 7.46. The Morgan fingerprint density at radius 2 is 1.92 bits per heavy atom. The van der Waals surface area contributed by atoms with Crippen LogP contribution in [0.1, 0.15) is 24.3 Å². The van der Waals surface area contributed by atoms with Crippen molar-refractivity contribution in [1.82, 2.24) is 4.90 Å². The van der Waals surface area contributed by atoms with Gasteiger partial charge in [-0.25, -0.2) is 8.79 Å². The first kappa shape index (κ1) is 16.7. The van der Waals surface area contributed by atoms with Crippen molar-refractivity contribution in [3.05, 3.63) is 58.9 Å². The fraction of sp³-hybridized carbons (Fsp3) is 0.316. The van der Waals surface area contributed by atoms with E-state index in [9.17, 15) is 4.39 Å². The molecule has 130 valence electrons. The third-order valence-corrected chi connectivity index (χ3v) is 5.55. The molecule has 0 unspecified atom stereocenters. The van der Waals surface area contributed by atoms with E-state index in [0.29, 0.717) is 17.4 Å². The van der Waals surface area contributed by atoms with Gasteiger partial charge in [0.15, 0.2) is 0 Å². The molecule has 2 aliphatic rings. The van der Waals surface area contributed by atoms with Gasteiger partial charge in [0.2, 0.25) is 0 Å². The lowest BCUT2D eigenvalue weighted by atomic mass is 9.89. The first-order chi connectivity index (χ1) is 12.2. The second-order valence-corrected chi connectivity index (χ2v) is 7.47. The number of nitrogens with zero attached hydrogens (tertiary/aromatic N) is 2. The van der Waals surface area contributed by atoms with Crippen molar-refractivity contribution in [2.75, 3.05) is 18.8 Å². The highest BCUT2D eigenvalue weighted by Gasteiger charge is 2.29. The Bertz CT molecular complexity index is 797. The third-order valence-electron chi connectivity index (χ3n) is 4.58. The molecule has 2 heterocycles. The number of fused-ring (bicyclic) bond motifs is 1. The van der Waals surface area contributed by atoms with Crippen LogP contribution in [0.3, 0.4) is 0 Å². The van der Waals surface area contributed by atoms with E-state index in [1.54, 1.807) is 18.0 Å². The summed E-state index contributed by atoms with van der Waals surface area (Å²) < 4.78 is 23.7. The lowest BCUT2D eigenvalue weighted by Gasteiger charge is -2.37. The molecule has 4 rings (SSSR count). The summed E-state index contributed by atoms with van der Waals surface area (Å²) in [6.07, 6.45) is 2.32. The fourth-order valence-electron chi connectivity index (χ4n) is 3.32. The van der Waals surface area contributed by atoms with Gasteiger partial charge in [-0.2, -0.15) is 0 Å². The van der Waals surface area contributed by atoms with E-state index < -0.39 is 5.82 Å². The van der Waals surface area contributed by atoms with Gasteiger partial charge in [-0.3, -0.25) is 0 Å². The average Bonchev–Trinajstić information content (AvgIpc) is 2.65. The Kier molecular flexibility index (Phi) is 4.86. The molecular weight excluding hydrogens is 359 g/mol. The van der Waals surface area contributed by atoms with Gasteiger partial charge in [0.05, 0.1) is 5.02 Å². The number of piperidine rings is 1. The number of ether oxygens (including phenoxy) is 1. The number of hydrogen-bond donors (Lipinski definition) is 0. The molecule has 1 atom stereocenters. The molecule has 2 aliphatic heterocycles. The first-order valence-corrected chi connectivity index (χ1v) is 9.70. The molecule has 2 aromatic carbocycles. The monoisotopic (exact) mass is 376 g/mol. The van der Waals surface area contributed by atoms with Crippen LogP contribution in [-0.2, 0) is 0 Å². The minimum Gasteiger partial charge on any atom is -0.457 e. The van der Waals surface area contributed by atoms with Crippen LogP contribution >= 0.6 is 23.5 Å². The molecule has 0 spiro atoms. The van der Waals surface area contributed by atoms with E-state index in [0.717, 1.165) is 25.3 Å². The number of amidine groups is 1. The molecule has 25 heavy (non-hydrogen) atoms. The highest BCUT2D eigenvalue weighted by atomic mass is 35.5. The Labute approximate surface area is 156 Å². The Morgan fingerprint density at radius 3 is 2.72 bits per heavy atom. The minimum atomic E-state index is -0.447. The highest BCUT2D eigenvalue weighted by molar-refractivity contribution is 7.98. The molecule has 1 saturated heterocycles. The van der Waals surface area contributed by atoms with Crippen LogP contribution in [-0.4, -0.2) is 29.6 Å². The molecule has 3 nitrogen and oxygen atoms in total. The predicted octanol–water partition coefficient (Wildman–Crippen LogP) is 5.51. The van der Waals surface area contributed by atoms with Crippen molar-refractivity contribution >= 4 is 29.4 Å². The Balaban J connectivity index is 1.51. The van der Waals surface area contributed by atoms with Crippen LogP contribution in [0.15, 0.2) is 46.9 Å². The van der Waals surface area contributed by atoms with Crippen molar-refractivity contribution in [3.8, 4) is 11.5 Å². The smallest absolute Gasteiger partial charge is 0.142 e. The zero-order valence-electron chi connectivity index (χ0n) is 13.6. The van der Waals surface area contributed by atoms with Crippen molar-refractivity contribution < 1.29 is 9.13 Å². The third kappa shape index (κ3) is 3.62. The van der Waals surface area contributed by atoms with Gasteiger partial charge in [0.1, 0.15) is 23.2 Å². The highest BCUT2D eigenvalue weighted by Crippen LogP contribution is 2.34. The maximum atomic E-state index is 13.2. The van der Waals surface area contributed by atoms with Crippen LogP contribution in [0.5, 0.6) is 11.5 Å². The predicted molar refractivity (Wildman–Crippen MR) is 101 cm³/mol. The summed E-state index contributed by atoms with van der Waals surface area (Å²) in [7, 11) is 0. The maximum Gasteiger partial charge on any atom is 0.142 e. The Hall–Kier alpha value is -1.72. The lowest BCUT2D eigenvalue weighted by molar-refractivity contribution is 0.371. The van der Waals surface area contributed by atoms with E-state index in [1.807, 2.05) is 12.1 Å². The van der Waals surface area contributed by atoms with Crippen molar-refractivity contribution in [2.45, 2.75) is 18.8 Å². The quantitative estimate of drug-likeness (QED) is 0.660. The number of rotatable bonds is 3. The van der Waals surface area contributed by atoms with Crippen LogP contribution < -0.4 is 4.74 Å². The molecule has 0 bridgehead atoms. The summed E-state index contributed by atoms with van der Waals surface area (Å²) in [6, 6.07) is 12.4. The topological polar surface area (TPSA) is 24.8 Å². The van der Waals surface area contributed by atoms with Gasteiger partial charge in [0.25, 0.3) is 0 Å². The second-order valence-electron chi connectivity index (χ2n) is 6.21. The van der Waals surface area contributed by atoms with Crippen LogP contribution in [0, 0.1) is 5.82 Å². The van der Waals surface area contributed by atoms with Crippen molar-refractivity contribution in [1.29, 1.82) is 0 Å². The number of benzene rings is 2. The summed E-state index contributed by atoms with van der Waals surface area (Å²) in [5, 5.41) is 0.0595. The largest absolute Gasteiger partial charge is 0.457 e. The molecule has 0 N–H and O–H groups in total. The van der Waals surface area contributed by atoms with Gasteiger partial charge >= 0.3 is 0 Å². The van der Waals surface area contributed by atoms with Crippen LogP contribution in [0.4, 0.5) is 4.39 Å². The molecule has 0 saturated carbocycles. The van der Waals surface area contributed by atoms with E-state index >= 15 is 0 Å². The van der Waals surface area contributed by atoms with Gasteiger partial charge < -0.3 is 9.64 Å². The van der Waals surface area contributed by atoms with Crippen molar-refractivity contribution in [2.24, 2.45) is 4.40 Å². The van der Waals surface area contributed by atoms with E-state index in [4.69, 9.17) is 20.7 Å². The summed E-state index contributed by atoms with van der Waals surface area (Å²) in [6.45, 7) is 2.20. The number of hydrogen-bond acceptors (Lipinski definition) is 4. The van der Waals surface area contributed by atoms with Gasteiger partial charge in [-0.05, 0) is 54.6 Å². The zero-order valence-corrected chi connectivity index (χ0v) is 15.2. The van der Waals surface area contributed by atoms with E-state index in [-0.39, 0.29) is 5.02 Å². The minimum absolute atomic E-state index is 0.0595. The first-order valence-electron chi connectivity index (χ1n) is 8.38. The molecule has 1 fully saturated rings. The SMILES string of the molecule is Fc1ccc(Oc2ccc([C@@H]3CCCN4CCSN=C34)cc2)cc1Cl. The molecule has 6 heteroatoms. The van der Waals surface area contributed by atoms with Crippen molar-refractivity contribution in [3.63, 3.8) is 0 Å². The lowest BCUT2D eigenvalue weighted by Crippen LogP contribution is -2.42. The normalized spacial score (nSPS) is 20.0. The van der Waals surface area contributed by atoms with Gasteiger partial charge in [-0.1, -0.05) is 23.7 Å². The summed E-state index contributed by atoms with van der Waals surface area (Å²) in [5.74, 6) is 3.42. The standard InChI is InChI=1S/C19H18ClFN2OS/c20-17-12-15(7-8-18(17)21)24-14-5-3-13(4-6-14)16-2-1-9-23-10-11-25-22-19(16)23/h3-8,12,16H,1-2,9-11H2/t16-/m0/s1. The molecule has 0 aromatic heterocycles. The van der Waals surface area contributed by atoms with Crippen LogP contribution in [0.25, 0.3) is 0 Å². The zero-order chi connectivity index (χ0) is 17.2. The van der Waals surface area contributed by atoms with Gasteiger partial charge in [-0.15, -0.1) is 0 Å². The van der Waals surface area contributed by atoms with E-state index in [1.165, 1.54) is 30.0 Å². The fourth-order valence-corrected chi connectivity index (χ4v) is 4.26. The molecular formula is C19H18ClFN2OS. The Morgan fingerprint density at radius 1 is 1.12 bits per heavy atom. The average molecular weight is 377 g/mol. The molecule has 0 amide bonds. The molecule has 2 aromatic rings.